The van der Waals surface area contributed by atoms with Gasteiger partial charge >= 0.3 is 5.97 Å². The fourth-order valence-corrected chi connectivity index (χ4v) is 8.49. The molecule has 3 nitrogen and oxygen atoms in total. The van der Waals surface area contributed by atoms with Crippen LogP contribution in [0.1, 0.15) is 91.4 Å². The zero-order valence-corrected chi connectivity index (χ0v) is 17.5. The van der Waals surface area contributed by atoms with Gasteiger partial charge in [0.1, 0.15) is 5.78 Å². The summed E-state index contributed by atoms with van der Waals surface area (Å²) < 4.78 is 0. The molecule has 0 saturated heterocycles. The Balaban J connectivity index is 1.57. The second-order valence-corrected chi connectivity index (χ2v) is 11.0. The summed E-state index contributed by atoms with van der Waals surface area (Å²) in [6.07, 6.45) is 12.0. The van der Waals surface area contributed by atoms with Crippen LogP contribution in [0.3, 0.4) is 0 Å². The topological polar surface area (TPSA) is 54.4 Å². The lowest BCUT2D eigenvalue weighted by Crippen LogP contribution is -2.56. The average molecular weight is 375 g/mol. The van der Waals surface area contributed by atoms with Crippen molar-refractivity contribution >= 4 is 11.8 Å². The maximum absolute atomic E-state index is 13.3. The second kappa shape index (κ2) is 6.88. The van der Waals surface area contributed by atoms with Crippen molar-refractivity contribution < 1.29 is 14.7 Å². The first-order valence-electron chi connectivity index (χ1n) is 11.5. The number of carbonyl (C=O) groups excluding carboxylic acids is 1. The van der Waals surface area contributed by atoms with Crippen molar-refractivity contribution in [2.24, 2.45) is 46.3 Å². The lowest BCUT2D eigenvalue weighted by Gasteiger charge is -2.60. The summed E-state index contributed by atoms with van der Waals surface area (Å²) in [5.74, 6) is 3.02. The number of hydrogen-bond acceptors (Lipinski definition) is 2. The van der Waals surface area contributed by atoms with Gasteiger partial charge in [-0.3, -0.25) is 9.59 Å². The van der Waals surface area contributed by atoms with Crippen molar-refractivity contribution in [2.75, 3.05) is 0 Å². The maximum Gasteiger partial charge on any atom is 0.303 e. The Labute approximate surface area is 164 Å². The van der Waals surface area contributed by atoms with Gasteiger partial charge in [-0.15, -0.1) is 0 Å². The molecule has 4 fully saturated rings. The summed E-state index contributed by atoms with van der Waals surface area (Å²) >= 11 is 0. The standard InChI is InChI=1S/C24H38O3/c1-15(7-10-21(26)27)17-8-9-18-22-19(11-13-24(17,18)3)23(2)12-5-4-6-16(23)14-20(22)25/h15-19,22H,4-14H2,1-3H3,(H,26,27)/t15-,16?,17-,18?,19?,22?,23+,24-/m1/s1. The number of carboxylic acid groups (broad SMARTS) is 1. The summed E-state index contributed by atoms with van der Waals surface area (Å²) in [5, 5.41) is 9.08. The molecule has 4 rings (SSSR count). The van der Waals surface area contributed by atoms with Gasteiger partial charge in [-0.1, -0.05) is 33.6 Å². The Kier molecular flexibility index (Phi) is 4.96. The highest BCUT2D eigenvalue weighted by atomic mass is 16.4. The summed E-state index contributed by atoms with van der Waals surface area (Å²) in [6.45, 7) is 7.23. The van der Waals surface area contributed by atoms with Crippen LogP contribution < -0.4 is 0 Å². The van der Waals surface area contributed by atoms with Gasteiger partial charge < -0.3 is 5.11 Å². The van der Waals surface area contributed by atoms with E-state index in [4.69, 9.17) is 5.11 Å². The lowest BCUT2D eigenvalue weighted by molar-refractivity contribution is -0.156. The minimum Gasteiger partial charge on any atom is -0.481 e. The molecule has 0 bridgehead atoms. The van der Waals surface area contributed by atoms with Crippen LogP contribution in [0.2, 0.25) is 0 Å². The summed E-state index contributed by atoms with van der Waals surface area (Å²) in [6, 6.07) is 0. The number of fused-ring (bicyclic) bond motifs is 5. The SMILES string of the molecule is C[C@H](CCC(=O)O)[C@H]1CCC2C3C(=O)CC4CCCC[C@]4(C)C3CC[C@@]21C. The predicted octanol–water partition coefficient (Wildman–Crippen LogP) is 5.72. The summed E-state index contributed by atoms with van der Waals surface area (Å²) in [5.41, 5.74) is 0.637. The number of hydrogen-bond donors (Lipinski definition) is 1. The minimum absolute atomic E-state index is 0.243. The van der Waals surface area contributed by atoms with Gasteiger partial charge in [0.15, 0.2) is 0 Å². The van der Waals surface area contributed by atoms with Crippen LogP contribution in [0, 0.1) is 46.3 Å². The van der Waals surface area contributed by atoms with Crippen LogP contribution in [-0.2, 0) is 9.59 Å². The van der Waals surface area contributed by atoms with Crippen LogP contribution >= 0.6 is 0 Å². The van der Waals surface area contributed by atoms with Gasteiger partial charge in [0.2, 0.25) is 0 Å². The molecule has 0 aliphatic heterocycles. The molecule has 4 aliphatic carbocycles. The third kappa shape index (κ3) is 2.99. The van der Waals surface area contributed by atoms with Crippen molar-refractivity contribution in [3.8, 4) is 0 Å². The zero-order chi connectivity index (χ0) is 19.4. The van der Waals surface area contributed by atoms with Crippen LogP contribution in [0.4, 0.5) is 0 Å². The second-order valence-electron chi connectivity index (χ2n) is 11.0. The molecule has 0 amide bonds. The highest BCUT2D eigenvalue weighted by molar-refractivity contribution is 5.83. The lowest BCUT2D eigenvalue weighted by atomic mass is 9.44. The Morgan fingerprint density at radius 3 is 2.56 bits per heavy atom. The van der Waals surface area contributed by atoms with Gasteiger partial charge in [0.05, 0.1) is 0 Å². The molecular formula is C24H38O3. The number of carbonyl (C=O) groups is 2. The molecule has 0 aromatic carbocycles. The third-order valence-electron chi connectivity index (χ3n) is 9.96. The summed E-state index contributed by atoms with van der Waals surface area (Å²) in [4.78, 5) is 24.4. The number of rotatable bonds is 4. The molecule has 0 heterocycles. The van der Waals surface area contributed by atoms with Crippen LogP contribution in [0.15, 0.2) is 0 Å². The predicted molar refractivity (Wildman–Crippen MR) is 106 cm³/mol. The van der Waals surface area contributed by atoms with E-state index in [0.717, 1.165) is 12.8 Å². The van der Waals surface area contributed by atoms with Crippen molar-refractivity contribution in [1.82, 2.24) is 0 Å². The van der Waals surface area contributed by atoms with Crippen LogP contribution in [-0.4, -0.2) is 16.9 Å². The van der Waals surface area contributed by atoms with Crippen molar-refractivity contribution in [3.05, 3.63) is 0 Å². The number of Topliss-reactive ketones (excluding diaryl/α,β-unsaturated/α-hetero) is 1. The molecule has 0 aromatic rings. The zero-order valence-electron chi connectivity index (χ0n) is 17.5. The van der Waals surface area contributed by atoms with Gasteiger partial charge in [-0.25, -0.2) is 0 Å². The highest BCUT2D eigenvalue weighted by Gasteiger charge is 2.62. The third-order valence-corrected chi connectivity index (χ3v) is 9.96. The summed E-state index contributed by atoms with van der Waals surface area (Å²) in [7, 11) is 0. The van der Waals surface area contributed by atoms with Crippen LogP contribution in [0.5, 0.6) is 0 Å². The molecule has 0 aromatic heterocycles. The first kappa shape index (κ1) is 19.5. The fourth-order valence-electron chi connectivity index (χ4n) is 8.49. The molecule has 4 saturated carbocycles. The van der Waals surface area contributed by atoms with E-state index >= 15 is 0 Å². The van der Waals surface area contributed by atoms with E-state index in [1.165, 1.54) is 51.4 Å². The minimum atomic E-state index is -0.677. The maximum atomic E-state index is 13.3. The number of ketones is 1. The van der Waals surface area contributed by atoms with E-state index in [0.29, 0.717) is 46.7 Å². The smallest absolute Gasteiger partial charge is 0.303 e. The van der Waals surface area contributed by atoms with Crippen molar-refractivity contribution in [1.29, 1.82) is 0 Å². The van der Waals surface area contributed by atoms with Gasteiger partial charge in [0, 0.05) is 18.8 Å². The molecule has 8 atom stereocenters. The van der Waals surface area contributed by atoms with E-state index in [1.54, 1.807) is 0 Å². The molecule has 152 valence electrons. The number of aliphatic carboxylic acids is 1. The molecule has 3 heteroatoms. The quantitative estimate of drug-likeness (QED) is 0.685. The van der Waals surface area contributed by atoms with Crippen LogP contribution in [0.25, 0.3) is 0 Å². The van der Waals surface area contributed by atoms with Gasteiger partial charge in [-0.2, -0.15) is 0 Å². The Morgan fingerprint density at radius 1 is 1.07 bits per heavy atom. The molecular weight excluding hydrogens is 336 g/mol. The Bertz CT molecular complexity index is 613. The largest absolute Gasteiger partial charge is 0.481 e. The molecule has 0 radical (unpaired) electrons. The first-order chi connectivity index (χ1) is 12.8. The Morgan fingerprint density at radius 2 is 1.81 bits per heavy atom. The molecule has 27 heavy (non-hydrogen) atoms. The molecule has 0 spiro atoms. The molecule has 1 N–H and O–H groups in total. The number of carboxylic acids is 1. The highest BCUT2D eigenvalue weighted by Crippen LogP contribution is 2.67. The average Bonchev–Trinajstić information content (AvgIpc) is 2.97. The fraction of sp³-hybridized carbons (Fsp3) is 0.917. The van der Waals surface area contributed by atoms with E-state index < -0.39 is 5.97 Å². The normalized spacial score (nSPS) is 47.7. The van der Waals surface area contributed by atoms with E-state index in [1.807, 2.05) is 0 Å². The van der Waals surface area contributed by atoms with Gasteiger partial charge in [-0.05, 0) is 85.4 Å². The van der Waals surface area contributed by atoms with E-state index in [2.05, 4.69) is 20.8 Å². The molecule has 4 unspecified atom stereocenters. The van der Waals surface area contributed by atoms with Crippen molar-refractivity contribution in [2.45, 2.75) is 91.4 Å². The van der Waals surface area contributed by atoms with Gasteiger partial charge in [0.25, 0.3) is 0 Å². The Hall–Kier alpha value is -0.860. The molecule has 4 aliphatic rings. The first-order valence-corrected chi connectivity index (χ1v) is 11.5. The van der Waals surface area contributed by atoms with E-state index in [-0.39, 0.29) is 11.8 Å². The van der Waals surface area contributed by atoms with Crippen molar-refractivity contribution in [3.63, 3.8) is 0 Å². The monoisotopic (exact) mass is 374 g/mol. The van der Waals surface area contributed by atoms with E-state index in [9.17, 15) is 9.59 Å².